The van der Waals surface area contributed by atoms with Crippen molar-refractivity contribution < 1.29 is 0 Å². The summed E-state index contributed by atoms with van der Waals surface area (Å²) in [5.41, 5.74) is 0.222. The molecule has 5 rings (SSSR count). The molecule has 0 radical (unpaired) electrons. The Morgan fingerprint density at radius 3 is 2.13 bits per heavy atom. The highest BCUT2D eigenvalue weighted by molar-refractivity contribution is 5.49. The number of allylic oxidation sites excluding steroid dienone is 1. The van der Waals surface area contributed by atoms with Gasteiger partial charge in [0.2, 0.25) is 0 Å². The second-order valence-corrected chi connectivity index (χ2v) is 7.91. The summed E-state index contributed by atoms with van der Waals surface area (Å²) in [6.07, 6.45) is 1.39. The first-order valence-corrected chi connectivity index (χ1v) is 9.83. The third-order valence-electron chi connectivity index (χ3n) is 6.49. The van der Waals surface area contributed by atoms with Crippen LogP contribution in [0.2, 0.25) is 0 Å². The molecule has 2 unspecified atom stereocenters. The van der Waals surface area contributed by atoms with Crippen LogP contribution < -0.4 is 11.4 Å². The van der Waals surface area contributed by atoms with Gasteiger partial charge in [-0.1, -0.05) is 30.4 Å². The van der Waals surface area contributed by atoms with Gasteiger partial charge in [0.1, 0.15) is 17.7 Å². The molecule has 1 aromatic carbocycles. The van der Waals surface area contributed by atoms with E-state index in [-0.39, 0.29) is 23.2 Å². The van der Waals surface area contributed by atoms with Gasteiger partial charge < -0.3 is 0 Å². The Morgan fingerprint density at radius 2 is 1.65 bits per heavy atom. The zero-order valence-corrected chi connectivity index (χ0v) is 16.7. The van der Waals surface area contributed by atoms with Gasteiger partial charge in [-0.05, 0) is 31.9 Å². The maximum atomic E-state index is 13.5. The Hall–Kier alpha value is -4.24. The third-order valence-corrected chi connectivity index (χ3v) is 6.49. The van der Waals surface area contributed by atoms with Crippen molar-refractivity contribution in [3.8, 4) is 17.8 Å². The molecule has 2 aliphatic rings. The first-order chi connectivity index (χ1) is 14.9. The Morgan fingerprint density at radius 1 is 1.10 bits per heavy atom. The van der Waals surface area contributed by atoms with E-state index in [0.717, 1.165) is 4.57 Å². The Bertz CT molecular complexity index is 1400. The lowest BCUT2D eigenvalue weighted by molar-refractivity contribution is 0.267. The number of H-pyrrole nitrogens is 1. The van der Waals surface area contributed by atoms with Crippen LogP contribution in [0.15, 0.2) is 52.1 Å². The monoisotopic (exact) mass is 411 g/mol. The lowest BCUT2D eigenvalue weighted by Gasteiger charge is -2.34. The highest BCUT2D eigenvalue weighted by Gasteiger charge is 2.62. The minimum atomic E-state index is -0.973. The molecule has 9 heteroatoms. The standard InChI is InChI=1S/C22H17N7O2/c1-12(2)22(29-21(31)28(20(30)27-29)13-6-4-3-5-7-13)14-8-9-15(22)19-18(14)25-16(10-23)17(11-24)26-19/h3-7,14-15H,1,8-9H2,2H3,(H,27,30). The van der Waals surface area contributed by atoms with Gasteiger partial charge in [0.15, 0.2) is 11.4 Å². The third kappa shape index (κ3) is 2.23. The molecule has 9 nitrogen and oxygen atoms in total. The molecule has 2 atom stereocenters. The quantitative estimate of drug-likeness (QED) is 0.654. The minimum Gasteiger partial charge on any atom is -0.246 e. The van der Waals surface area contributed by atoms with Crippen LogP contribution in [0.1, 0.15) is 54.4 Å². The molecule has 0 spiro atoms. The van der Waals surface area contributed by atoms with Gasteiger partial charge in [-0.3, -0.25) is 0 Å². The Labute approximate surface area is 176 Å². The topological polar surface area (TPSA) is 133 Å². The average molecular weight is 411 g/mol. The van der Waals surface area contributed by atoms with Crippen LogP contribution in [0, 0.1) is 22.7 Å². The van der Waals surface area contributed by atoms with E-state index in [9.17, 15) is 20.1 Å². The van der Waals surface area contributed by atoms with Gasteiger partial charge in [0, 0.05) is 11.8 Å². The second kappa shape index (κ2) is 6.38. The van der Waals surface area contributed by atoms with Crippen LogP contribution in [-0.4, -0.2) is 24.3 Å². The molecule has 1 fully saturated rings. The SMILES string of the molecule is C=C(C)C1(n2[nH]c(=O)n(-c3ccccc3)c2=O)C2CCC1c1nc(C#N)c(C#N)nc12. The zero-order valence-electron chi connectivity index (χ0n) is 16.7. The number of hydrogen-bond acceptors (Lipinski definition) is 6. The summed E-state index contributed by atoms with van der Waals surface area (Å²) in [6.45, 7) is 5.99. The summed E-state index contributed by atoms with van der Waals surface area (Å²) < 4.78 is 2.45. The van der Waals surface area contributed by atoms with Crippen molar-refractivity contribution in [2.75, 3.05) is 0 Å². The summed E-state index contributed by atoms with van der Waals surface area (Å²) in [6, 6.07) is 12.5. The molecule has 0 aliphatic heterocycles. The van der Waals surface area contributed by atoms with E-state index in [1.807, 2.05) is 19.1 Å². The molecule has 3 aromatic rings. The molecule has 1 N–H and O–H groups in total. The normalized spacial score (nSPS) is 23.2. The van der Waals surface area contributed by atoms with Crippen molar-refractivity contribution in [1.29, 1.82) is 10.5 Å². The summed E-state index contributed by atoms with van der Waals surface area (Å²) in [5, 5.41) is 21.5. The van der Waals surface area contributed by atoms with Crippen molar-refractivity contribution in [2.45, 2.75) is 37.1 Å². The average Bonchev–Trinajstić information content (AvgIpc) is 3.39. The number of nitrogens with zero attached hydrogens (tertiary/aromatic N) is 6. The molecule has 152 valence electrons. The molecule has 0 saturated heterocycles. The predicted molar refractivity (Wildman–Crippen MR) is 110 cm³/mol. The van der Waals surface area contributed by atoms with E-state index in [2.05, 4.69) is 21.6 Å². The molecular weight excluding hydrogens is 394 g/mol. The van der Waals surface area contributed by atoms with Crippen molar-refractivity contribution in [3.05, 3.63) is 86.2 Å². The summed E-state index contributed by atoms with van der Waals surface area (Å²) in [7, 11) is 0. The van der Waals surface area contributed by atoms with Crippen molar-refractivity contribution in [1.82, 2.24) is 24.3 Å². The van der Waals surface area contributed by atoms with Gasteiger partial charge >= 0.3 is 11.4 Å². The largest absolute Gasteiger partial charge is 0.352 e. The molecule has 1 saturated carbocycles. The van der Waals surface area contributed by atoms with E-state index in [4.69, 9.17) is 0 Å². The predicted octanol–water partition coefficient (Wildman–Crippen LogP) is 1.81. The number of rotatable bonds is 3. The summed E-state index contributed by atoms with van der Waals surface area (Å²) in [5.74, 6) is -0.588. The molecule has 2 heterocycles. The van der Waals surface area contributed by atoms with Crippen LogP contribution in [-0.2, 0) is 5.54 Å². The maximum absolute atomic E-state index is 13.5. The van der Waals surface area contributed by atoms with Crippen molar-refractivity contribution >= 4 is 0 Å². The minimum absolute atomic E-state index is 0.0351. The Balaban J connectivity index is 1.79. The zero-order chi connectivity index (χ0) is 21.9. The number of aromatic nitrogens is 5. The fourth-order valence-electron chi connectivity index (χ4n) is 5.37. The van der Waals surface area contributed by atoms with Crippen LogP contribution in [0.4, 0.5) is 0 Å². The first kappa shape index (κ1) is 18.8. The summed E-state index contributed by atoms with van der Waals surface area (Å²) in [4.78, 5) is 35.2. The molecule has 2 aliphatic carbocycles. The number of nitriles is 2. The Kier molecular flexibility index (Phi) is 3.86. The fourth-order valence-corrected chi connectivity index (χ4v) is 5.37. The van der Waals surface area contributed by atoms with Gasteiger partial charge in [0.25, 0.3) is 0 Å². The number of fused-ring (bicyclic) bond motifs is 5. The number of hydrogen-bond donors (Lipinski definition) is 1. The van der Waals surface area contributed by atoms with E-state index in [1.54, 1.807) is 30.3 Å². The molecule has 31 heavy (non-hydrogen) atoms. The van der Waals surface area contributed by atoms with Crippen LogP contribution >= 0.6 is 0 Å². The smallest absolute Gasteiger partial charge is 0.246 e. The van der Waals surface area contributed by atoms with Gasteiger partial charge in [-0.2, -0.15) is 10.5 Å². The molecule has 0 amide bonds. The molecule has 2 bridgehead atoms. The van der Waals surface area contributed by atoms with Crippen LogP contribution in [0.5, 0.6) is 0 Å². The molecule has 2 aromatic heterocycles. The number of aromatic amines is 1. The van der Waals surface area contributed by atoms with E-state index in [0.29, 0.717) is 35.5 Å². The highest BCUT2D eigenvalue weighted by atomic mass is 16.2. The first-order valence-electron chi connectivity index (χ1n) is 9.83. The van der Waals surface area contributed by atoms with Crippen LogP contribution in [0.3, 0.4) is 0 Å². The summed E-state index contributed by atoms with van der Waals surface area (Å²) >= 11 is 0. The van der Waals surface area contributed by atoms with Crippen LogP contribution in [0.25, 0.3) is 5.69 Å². The second-order valence-electron chi connectivity index (χ2n) is 7.91. The number of nitrogens with one attached hydrogen (secondary N) is 1. The van der Waals surface area contributed by atoms with E-state index < -0.39 is 16.9 Å². The number of para-hydroxylation sites is 1. The van der Waals surface area contributed by atoms with Gasteiger partial charge in [0.05, 0.1) is 17.1 Å². The van der Waals surface area contributed by atoms with Crippen molar-refractivity contribution in [3.63, 3.8) is 0 Å². The van der Waals surface area contributed by atoms with E-state index in [1.165, 1.54) is 4.68 Å². The maximum Gasteiger partial charge on any atom is 0.352 e. The fraction of sp³-hybridized carbons (Fsp3) is 0.273. The van der Waals surface area contributed by atoms with Crippen molar-refractivity contribution in [2.24, 2.45) is 0 Å². The van der Waals surface area contributed by atoms with Gasteiger partial charge in [-0.15, -0.1) is 0 Å². The van der Waals surface area contributed by atoms with Gasteiger partial charge in [-0.25, -0.2) is 33.9 Å². The lowest BCUT2D eigenvalue weighted by Crippen LogP contribution is -2.45. The molecular formula is C22H17N7O2. The van der Waals surface area contributed by atoms with E-state index >= 15 is 0 Å². The lowest BCUT2D eigenvalue weighted by atomic mass is 9.80. The number of benzene rings is 1. The highest BCUT2D eigenvalue weighted by Crippen LogP contribution is 2.64.